The lowest BCUT2D eigenvalue weighted by Crippen LogP contribution is -2.02. The molecular weight excluding hydrogens is 266 g/mol. The molecule has 0 spiro atoms. The van der Waals surface area contributed by atoms with E-state index in [0.29, 0.717) is 10.8 Å². The Labute approximate surface area is 115 Å². The molecule has 2 aromatic rings. The lowest BCUT2D eigenvalue weighted by atomic mass is 10.1. The van der Waals surface area contributed by atoms with Gasteiger partial charge in [-0.15, -0.1) is 0 Å². The largest absolute Gasteiger partial charge is 0.486 e. The van der Waals surface area contributed by atoms with Crippen LogP contribution in [-0.2, 0) is 0 Å². The highest BCUT2D eigenvalue weighted by Crippen LogP contribution is 2.24. The molecule has 0 aliphatic carbocycles. The van der Waals surface area contributed by atoms with Crippen molar-refractivity contribution in [1.82, 2.24) is 0 Å². The Balaban J connectivity index is 2.08. The number of hydrogen-bond acceptors (Lipinski definition) is 3. The predicted molar refractivity (Wildman–Crippen MR) is 73.6 cm³/mol. The number of rotatable bonds is 4. The van der Waals surface area contributed by atoms with Crippen LogP contribution < -0.4 is 4.74 Å². The Bertz CT molecular complexity index is 566. The molecule has 0 bridgehead atoms. The van der Waals surface area contributed by atoms with E-state index in [0.717, 1.165) is 5.56 Å². The van der Waals surface area contributed by atoms with Crippen molar-refractivity contribution in [3.63, 3.8) is 0 Å². The summed E-state index contributed by atoms with van der Waals surface area (Å²) in [4.78, 5) is 10.1. The van der Waals surface area contributed by atoms with Crippen LogP contribution in [0.4, 0.5) is 5.69 Å². The monoisotopic (exact) mass is 277 g/mol. The first-order valence-electron chi connectivity index (χ1n) is 5.73. The van der Waals surface area contributed by atoms with E-state index in [1.165, 1.54) is 12.1 Å². The molecule has 0 heterocycles. The highest BCUT2D eigenvalue weighted by atomic mass is 35.5. The Morgan fingerprint density at radius 3 is 2.21 bits per heavy atom. The summed E-state index contributed by atoms with van der Waals surface area (Å²) in [6.07, 6.45) is -0.154. The molecule has 0 aromatic heterocycles. The van der Waals surface area contributed by atoms with E-state index < -0.39 is 4.92 Å². The van der Waals surface area contributed by atoms with Crippen molar-refractivity contribution in [2.75, 3.05) is 0 Å². The molecule has 1 unspecified atom stereocenters. The molecule has 0 aliphatic rings. The number of nitrogens with zero attached hydrogens (tertiary/aromatic N) is 1. The molecule has 1 atom stereocenters. The number of hydrogen-bond donors (Lipinski definition) is 0. The van der Waals surface area contributed by atoms with E-state index in [2.05, 4.69) is 0 Å². The minimum absolute atomic E-state index is 0.0477. The maximum absolute atomic E-state index is 10.5. The van der Waals surface area contributed by atoms with E-state index in [4.69, 9.17) is 16.3 Å². The van der Waals surface area contributed by atoms with Crippen LogP contribution in [0, 0.1) is 10.1 Å². The van der Waals surface area contributed by atoms with E-state index in [1.54, 1.807) is 24.3 Å². The Hall–Kier alpha value is -2.07. The highest BCUT2D eigenvalue weighted by molar-refractivity contribution is 6.30. The fourth-order valence-corrected chi connectivity index (χ4v) is 1.78. The second-order valence-electron chi connectivity index (χ2n) is 4.06. The first-order valence-corrected chi connectivity index (χ1v) is 6.10. The lowest BCUT2D eigenvalue weighted by molar-refractivity contribution is -0.384. The van der Waals surface area contributed by atoms with Crippen LogP contribution in [0.1, 0.15) is 18.6 Å². The van der Waals surface area contributed by atoms with E-state index in [1.807, 2.05) is 19.1 Å². The quantitative estimate of drug-likeness (QED) is 0.615. The molecule has 19 heavy (non-hydrogen) atoms. The first-order chi connectivity index (χ1) is 9.06. The zero-order valence-electron chi connectivity index (χ0n) is 10.2. The van der Waals surface area contributed by atoms with Crippen LogP contribution in [0.5, 0.6) is 5.75 Å². The highest BCUT2D eigenvalue weighted by Gasteiger charge is 2.09. The van der Waals surface area contributed by atoms with E-state index >= 15 is 0 Å². The average Bonchev–Trinajstić information content (AvgIpc) is 2.40. The number of benzene rings is 2. The maximum atomic E-state index is 10.5. The van der Waals surface area contributed by atoms with Gasteiger partial charge in [0.2, 0.25) is 0 Å². The molecule has 2 aromatic carbocycles. The van der Waals surface area contributed by atoms with Crippen molar-refractivity contribution in [3.05, 3.63) is 69.2 Å². The van der Waals surface area contributed by atoms with E-state index in [-0.39, 0.29) is 11.8 Å². The van der Waals surface area contributed by atoms with Gasteiger partial charge in [-0.05, 0) is 36.8 Å². The number of ether oxygens (including phenoxy) is 1. The maximum Gasteiger partial charge on any atom is 0.269 e. The number of non-ortho nitro benzene ring substituents is 1. The van der Waals surface area contributed by atoms with Crippen LogP contribution in [0.25, 0.3) is 0 Å². The molecule has 0 aliphatic heterocycles. The molecule has 4 nitrogen and oxygen atoms in total. The van der Waals surface area contributed by atoms with Crippen LogP contribution in [-0.4, -0.2) is 4.92 Å². The van der Waals surface area contributed by atoms with Gasteiger partial charge in [0.1, 0.15) is 11.9 Å². The van der Waals surface area contributed by atoms with Crippen molar-refractivity contribution in [2.45, 2.75) is 13.0 Å². The van der Waals surface area contributed by atoms with Gasteiger partial charge in [0.05, 0.1) is 4.92 Å². The minimum Gasteiger partial charge on any atom is -0.486 e. The fourth-order valence-electron chi connectivity index (χ4n) is 1.65. The average molecular weight is 278 g/mol. The summed E-state index contributed by atoms with van der Waals surface area (Å²) in [6.45, 7) is 1.91. The molecule has 0 N–H and O–H groups in total. The number of nitro benzene ring substituents is 1. The third-order valence-electron chi connectivity index (χ3n) is 2.70. The molecule has 0 radical (unpaired) electrons. The summed E-state index contributed by atoms with van der Waals surface area (Å²) in [6, 6.07) is 13.4. The van der Waals surface area contributed by atoms with Crippen LogP contribution in [0.15, 0.2) is 48.5 Å². The molecular formula is C14H12ClNO3. The van der Waals surface area contributed by atoms with Gasteiger partial charge in [0.25, 0.3) is 5.69 Å². The molecule has 98 valence electrons. The second kappa shape index (κ2) is 5.71. The number of nitro groups is 1. The normalized spacial score (nSPS) is 11.9. The van der Waals surface area contributed by atoms with Gasteiger partial charge in [0.15, 0.2) is 0 Å². The summed E-state index contributed by atoms with van der Waals surface area (Å²) in [7, 11) is 0. The van der Waals surface area contributed by atoms with Crippen molar-refractivity contribution in [1.29, 1.82) is 0 Å². The van der Waals surface area contributed by atoms with Crippen LogP contribution in [0.2, 0.25) is 5.02 Å². The topological polar surface area (TPSA) is 52.4 Å². The molecule has 0 fully saturated rings. The smallest absolute Gasteiger partial charge is 0.269 e. The summed E-state index contributed by atoms with van der Waals surface area (Å²) in [5.74, 6) is 0.591. The van der Waals surface area contributed by atoms with Gasteiger partial charge >= 0.3 is 0 Å². The SMILES string of the molecule is CC(Oc1ccc([N+](=O)[O-])cc1)c1ccc(Cl)cc1. The zero-order valence-corrected chi connectivity index (χ0v) is 11.0. The van der Waals surface area contributed by atoms with Gasteiger partial charge in [-0.1, -0.05) is 23.7 Å². The molecule has 0 saturated heterocycles. The molecule has 0 saturated carbocycles. The van der Waals surface area contributed by atoms with Crippen molar-refractivity contribution < 1.29 is 9.66 Å². The molecule has 0 amide bonds. The van der Waals surface area contributed by atoms with Gasteiger partial charge in [0, 0.05) is 17.2 Å². The van der Waals surface area contributed by atoms with Gasteiger partial charge in [-0.25, -0.2) is 0 Å². The Morgan fingerprint density at radius 1 is 1.11 bits per heavy atom. The molecule has 2 rings (SSSR count). The third-order valence-corrected chi connectivity index (χ3v) is 2.95. The van der Waals surface area contributed by atoms with E-state index in [9.17, 15) is 10.1 Å². The zero-order chi connectivity index (χ0) is 13.8. The lowest BCUT2D eigenvalue weighted by Gasteiger charge is -2.14. The Morgan fingerprint density at radius 2 is 1.68 bits per heavy atom. The summed E-state index contributed by atoms with van der Waals surface area (Å²) < 4.78 is 5.71. The minimum atomic E-state index is -0.438. The molecule has 5 heteroatoms. The fraction of sp³-hybridized carbons (Fsp3) is 0.143. The summed E-state index contributed by atoms with van der Waals surface area (Å²) in [5, 5.41) is 11.2. The Kier molecular flexibility index (Phi) is 4.02. The van der Waals surface area contributed by atoms with Crippen LogP contribution in [0.3, 0.4) is 0 Å². The van der Waals surface area contributed by atoms with Gasteiger partial charge in [-0.3, -0.25) is 10.1 Å². The van der Waals surface area contributed by atoms with Gasteiger partial charge < -0.3 is 4.74 Å². The standard InChI is InChI=1S/C14H12ClNO3/c1-10(11-2-4-12(15)5-3-11)19-14-8-6-13(7-9-14)16(17)18/h2-10H,1H3. The van der Waals surface area contributed by atoms with Gasteiger partial charge in [-0.2, -0.15) is 0 Å². The van der Waals surface area contributed by atoms with Crippen molar-refractivity contribution in [3.8, 4) is 5.75 Å². The van der Waals surface area contributed by atoms with Crippen LogP contribution >= 0.6 is 11.6 Å². The number of halogens is 1. The van der Waals surface area contributed by atoms with Crippen molar-refractivity contribution >= 4 is 17.3 Å². The summed E-state index contributed by atoms with van der Waals surface area (Å²) >= 11 is 5.82. The van der Waals surface area contributed by atoms with Crippen molar-refractivity contribution in [2.24, 2.45) is 0 Å². The summed E-state index contributed by atoms with van der Waals surface area (Å²) in [5.41, 5.74) is 1.04. The third kappa shape index (κ3) is 3.45. The predicted octanol–water partition coefficient (Wildman–Crippen LogP) is 4.39. The second-order valence-corrected chi connectivity index (χ2v) is 4.50. The first kappa shape index (κ1) is 13.4.